The largest absolute Gasteiger partial charge is 0.333 e. The molecule has 5 rings (SSSR count). The topological polar surface area (TPSA) is 63.9 Å². The number of para-hydroxylation sites is 1. The Bertz CT molecular complexity index is 1290. The number of carbonyl (C=O) groups is 1. The SMILES string of the molecule is Cc1nc2c(cnn2C(C)C)c(C)c1CCC(=O)N1CCCCC1c1nc2ccccc2s1. The number of pyridine rings is 1. The maximum absolute atomic E-state index is 13.4. The van der Waals surface area contributed by atoms with Crippen LogP contribution in [0.25, 0.3) is 21.3 Å². The molecule has 7 heteroatoms. The van der Waals surface area contributed by atoms with Gasteiger partial charge in [0.1, 0.15) is 5.01 Å². The standard InChI is InChI=1S/C26H31N5OS/c1-16(2)31-25-20(15-27-31)17(3)19(18(4)28-25)12-13-24(32)30-14-8-7-10-22(30)26-29-21-9-5-6-11-23(21)33-26/h5-6,9,11,15-16,22H,7-8,10,12-14H2,1-4H3. The number of aryl methyl sites for hydroxylation is 2. The van der Waals surface area contributed by atoms with Crippen molar-refractivity contribution in [2.24, 2.45) is 0 Å². The molecule has 172 valence electrons. The van der Waals surface area contributed by atoms with Gasteiger partial charge in [0.05, 0.1) is 22.5 Å². The third-order valence-electron chi connectivity index (χ3n) is 6.83. The number of hydrogen-bond donors (Lipinski definition) is 0. The summed E-state index contributed by atoms with van der Waals surface area (Å²) in [5.74, 6) is 0.218. The van der Waals surface area contributed by atoms with Crippen LogP contribution in [-0.2, 0) is 11.2 Å². The van der Waals surface area contributed by atoms with Crippen molar-refractivity contribution >= 4 is 38.5 Å². The van der Waals surface area contributed by atoms with Crippen molar-refractivity contribution in [1.29, 1.82) is 0 Å². The van der Waals surface area contributed by atoms with Crippen molar-refractivity contribution in [3.05, 3.63) is 52.3 Å². The van der Waals surface area contributed by atoms with E-state index in [1.54, 1.807) is 11.3 Å². The molecule has 1 unspecified atom stereocenters. The lowest BCUT2D eigenvalue weighted by molar-refractivity contribution is -0.135. The van der Waals surface area contributed by atoms with Gasteiger partial charge in [-0.1, -0.05) is 12.1 Å². The molecule has 1 atom stereocenters. The van der Waals surface area contributed by atoms with E-state index in [4.69, 9.17) is 9.97 Å². The molecule has 1 aliphatic heterocycles. The molecule has 4 heterocycles. The molecule has 3 aromatic heterocycles. The van der Waals surface area contributed by atoms with Crippen molar-refractivity contribution < 1.29 is 4.79 Å². The fourth-order valence-corrected chi connectivity index (χ4v) is 6.15. The van der Waals surface area contributed by atoms with Crippen LogP contribution in [0, 0.1) is 13.8 Å². The lowest BCUT2D eigenvalue weighted by Crippen LogP contribution is -2.38. The molecule has 1 aromatic carbocycles. The molecule has 1 fully saturated rings. The molecule has 1 aliphatic rings. The molecule has 0 aliphatic carbocycles. The molecule has 1 saturated heterocycles. The van der Waals surface area contributed by atoms with Crippen LogP contribution in [0.15, 0.2) is 30.5 Å². The van der Waals surface area contributed by atoms with Crippen LogP contribution in [0.1, 0.15) is 73.4 Å². The summed E-state index contributed by atoms with van der Waals surface area (Å²) in [4.78, 5) is 25.2. The predicted molar refractivity (Wildman–Crippen MR) is 134 cm³/mol. The molecule has 0 spiro atoms. The normalized spacial score (nSPS) is 16.9. The molecule has 0 saturated carbocycles. The molecule has 0 bridgehead atoms. The van der Waals surface area contributed by atoms with Gasteiger partial charge in [0.2, 0.25) is 5.91 Å². The quantitative estimate of drug-likeness (QED) is 0.370. The highest BCUT2D eigenvalue weighted by Crippen LogP contribution is 2.36. The lowest BCUT2D eigenvalue weighted by atomic mass is 9.98. The lowest BCUT2D eigenvalue weighted by Gasteiger charge is -2.34. The van der Waals surface area contributed by atoms with Gasteiger partial charge in [-0.25, -0.2) is 14.6 Å². The molecule has 1 amide bonds. The minimum Gasteiger partial charge on any atom is -0.333 e. The van der Waals surface area contributed by atoms with E-state index in [2.05, 4.69) is 55.9 Å². The van der Waals surface area contributed by atoms with Crippen LogP contribution < -0.4 is 0 Å². The summed E-state index contributed by atoms with van der Waals surface area (Å²) in [6.45, 7) is 9.23. The summed E-state index contributed by atoms with van der Waals surface area (Å²) in [7, 11) is 0. The minimum absolute atomic E-state index is 0.0933. The number of likely N-dealkylation sites (tertiary alicyclic amines) is 1. The van der Waals surface area contributed by atoms with E-state index in [0.29, 0.717) is 12.8 Å². The number of piperidine rings is 1. The summed E-state index contributed by atoms with van der Waals surface area (Å²) < 4.78 is 3.17. The summed E-state index contributed by atoms with van der Waals surface area (Å²) in [6, 6.07) is 8.60. The van der Waals surface area contributed by atoms with Gasteiger partial charge in [-0.2, -0.15) is 5.10 Å². The number of carbonyl (C=O) groups excluding carboxylic acids is 1. The molecule has 0 radical (unpaired) electrons. The highest BCUT2D eigenvalue weighted by Gasteiger charge is 2.30. The average Bonchev–Trinajstić information content (AvgIpc) is 3.43. The van der Waals surface area contributed by atoms with E-state index in [1.165, 1.54) is 15.8 Å². The van der Waals surface area contributed by atoms with E-state index in [9.17, 15) is 4.79 Å². The highest BCUT2D eigenvalue weighted by atomic mass is 32.1. The average molecular weight is 462 g/mol. The van der Waals surface area contributed by atoms with Crippen molar-refractivity contribution in [3.8, 4) is 0 Å². The van der Waals surface area contributed by atoms with Crippen LogP contribution in [0.4, 0.5) is 0 Å². The first kappa shape index (κ1) is 22.0. The number of thiazole rings is 1. The van der Waals surface area contributed by atoms with Crippen molar-refractivity contribution in [2.75, 3.05) is 6.54 Å². The smallest absolute Gasteiger partial charge is 0.223 e. The second-order valence-electron chi connectivity index (χ2n) is 9.34. The molecular weight excluding hydrogens is 430 g/mol. The van der Waals surface area contributed by atoms with Gasteiger partial charge in [0.15, 0.2) is 5.65 Å². The maximum atomic E-state index is 13.4. The molecule has 33 heavy (non-hydrogen) atoms. The van der Waals surface area contributed by atoms with Gasteiger partial charge < -0.3 is 4.90 Å². The van der Waals surface area contributed by atoms with Gasteiger partial charge >= 0.3 is 0 Å². The Labute approximate surface area is 198 Å². The number of aromatic nitrogens is 4. The van der Waals surface area contributed by atoms with Crippen LogP contribution in [0.5, 0.6) is 0 Å². The summed E-state index contributed by atoms with van der Waals surface area (Å²) in [5, 5.41) is 6.70. The zero-order valence-electron chi connectivity index (χ0n) is 19.8. The summed E-state index contributed by atoms with van der Waals surface area (Å²) in [6.07, 6.45) is 6.31. The summed E-state index contributed by atoms with van der Waals surface area (Å²) in [5.41, 5.74) is 5.33. The zero-order valence-corrected chi connectivity index (χ0v) is 20.7. The van der Waals surface area contributed by atoms with Gasteiger partial charge in [-0.3, -0.25) is 4.79 Å². The Balaban J connectivity index is 1.37. The fraction of sp³-hybridized carbons (Fsp3) is 0.462. The third-order valence-corrected chi connectivity index (χ3v) is 7.97. The van der Waals surface area contributed by atoms with Gasteiger partial charge in [-0.15, -0.1) is 11.3 Å². The fourth-order valence-electron chi connectivity index (χ4n) is 5.03. The zero-order chi connectivity index (χ0) is 23.1. The number of amides is 1. The molecule has 6 nitrogen and oxygen atoms in total. The van der Waals surface area contributed by atoms with Gasteiger partial charge in [0.25, 0.3) is 0 Å². The number of benzene rings is 1. The van der Waals surface area contributed by atoms with Crippen LogP contribution in [-0.4, -0.2) is 37.1 Å². The first-order valence-electron chi connectivity index (χ1n) is 11.9. The van der Waals surface area contributed by atoms with Crippen molar-refractivity contribution in [2.45, 2.75) is 71.9 Å². The third kappa shape index (κ3) is 4.03. The number of fused-ring (bicyclic) bond motifs is 2. The van der Waals surface area contributed by atoms with Crippen LogP contribution >= 0.6 is 11.3 Å². The number of nitrogens with zero attached hydrogens (tertiary/aromatic N) is 5. The molecule has 4 aromatic rings. The van der Waals surface area contributed by atoms with Crippen molar-refractivity contribution in [3.63, 3.8) is 0 Å². The Kier molecular flexibility index (Phi) is 5.91. The second-order valence-corrected chi connectivity index (χ2v) is 10.4. The molecular formula is C26H31N5OS. The number of rotatable bonds is 5. The minimum atomic E-state index is 0.0933. The Morgan fingerprint density at radius 3 is 2.79 bits per heavy atom. The van der Waals surface area contributed by atoms with Gasteiger partial charge in [0, 0.05) is 30.1 Å². The van der Waals surface area contributed by atoms with Crippen LogP contribution in [0.2, 0.25) is 0 Å². The first-order valence-corrected chi connectivity index (χ1v) is 12.7. The Morgan fingerprint density at radius 1 is 1.18 bits per heavy atom. The Hall–Kier alpha value is -2.80. The van der Waals surface area contributed by atoms with E-state index in [0.717, 1.165) is 53.1 Å². The van der Waals surface area contributed by atoms with E-state index in [1.807, 2.05) is 16.9 Å². The molecule has 0 N–H and O–H groups in total. The Morgan fingerprint density at radius 2 is 2.00 bits per heavy atom. The van der Waals surface area contributed by atoms with Crippen LogP contribution in [0.3, 0.4) is 0 Å². The van der Waals surface area contributed by atoms with Gasteiger partial charge in [-0.05, 0) is 76.6 Å². The highest BCUT2D eigenvalue weighted by molar-refractivity contribution is 7.18. The predicted octanol–water partition coefficient (Wildman–Crippen LogP) is 5.93. The monoisotopic (exact) mass is 461 g/mol. The number of hydrogen-bond acceptors (Lipinski definition) is 5. The van der Waals surface area contributed by atoms with E-state index >= 15 is 0 Å². The maximum Gasteiger partial charge on any atom is 0.223 e. The summed E-state index contributed by atoms with van der Waals surface area (Å²) >= 11 is 1.73. The van der Waals surface area contributed by atoms with E-state index < -0.39 is 0 Å². The van der Waals surface area contributed by atoms with Crippen molar-refractivity contribution in [1.82, 2.24) is 24.6 Å². The van der Waals surface area contributed by atoms with E-state index in [-0.39, 0.29) is 18.0 Å². The second kappa shape index (κ2) is 8.86. The first-order chi connectivity index (χ1) is 15.9.